The maximum absolute atomic E-state index is 14.5. The Labute approximate surface area is 166 Å². The molecule has 0 saturated heterocycles. The maximum Gasteiger partial charge on any atom is 0.201 e. The second-order valence-corrected chi connectivity index (χ2v) is 7.42. The summed E-state index contributed by atoms with van der Waals surface area (Å²) in [5.41, 5.74) is 10.4. The summed E-state index contributed by atoms with van der Waals surface area (Å²) < 4.78 is 34.3. The molecule has 2 atom stereocenters. The monoisotopic (exact) mass is 391 g/mol. The molecule has 29 heavy (non-hydrogen) atoms. The van der Waals surface area contributed by atoms with Crippen LogP contribution in [0, 0.1) is 11.6 Å². The zero-order valence-corrected chi connectivity index (χ0v) is 15.5. The van der Waals surface area contributed by atoms with Crippen LogP contribution < -0.4 is 10.5 Å². The quantitative estimate of drug-likeness (QED) is 0.523. The van der Waals surface area contributed by atoms with Gasteiger partial charge in [0, 0.05) is 18.0 Å². The summed E-state index contributed by atoms with van der Waals surface area (Å²) in [6.45, 7) is 0. The van der Waals surface area contributed by atoms with Crippen LogP contribution in [0.25, 0.3) is 11.0 Å². The number of nitrogens with two attached hydrogens (primary N) is 1. The summed E-state index contributed by atoms with van der Waals surface area (Å²) >= 11 is 0. The number of imidazole rings is 1. The first-order valence-electron chi connectivity index (χ1n) is 9.51. The van der Waals surface area contributed by atoms with Crippen molar-refractivity contribution in [2.24, 2.45) is 5.73 Å². The molecule has 6 heteroatoms. The molecule has 0 saturated carbocycles. The summed E-state index contributed by atoms with van der Waals surface area (Å²) in [4.78, 5) is 6.56. The van der Waals surface area contributed by atoms with Crippen LogP contribution in [0.2, 0.25) is 0 Å². The molecule has 0 radical (unpaired) electrons. The Bertz CT molecular complexity index is 1190. The van der Waals surface area contributed by atoms with Crippen LogP contribution in [0.4, 0.5) is 8.78 Å². The number of benzene rings is 3. The lowest BCUT2D eigenvalue weighted by molar-refractivity contribution is 0.410. The van der Waals surface area contributed by atoms with Gasteiger partial charge in [-0.2, -0.15) is 0 Å². The third kappa shape index (κ3) is 3.15. The van der Waals surface area contributed by atoms with E-state index >= 15 is 0 Å². The Hall–Kier alpha value is -3.25. The Morgan fingerprint density at radius 2 is 1.90 bits per heavy atom. The number of ether oxygens (including phenoxy) is 1. The highest BCUT2D eigenvalue weighted by Gasteiger charge is 2.29. The number of aromatic nitrogens is 2. The van der Waals surface area contributed by atoms with Crippen LogP contribution in [-0.2, 0) is 12.8 Å². The number of nitrogens with zero attached hydrogens (tertiary/aromatic N) is 1. The predicted octanol–water partition coefficient (Wildman–Crippen LogP) is 4.84. The SMILES string of the molecule is NC1Cc2ccccc2C1Cc1ccc(Oc2c(F)cc3[nH]cnc3c2F)cc1. The molecule has 146 valence electrons. The number of hydrogen-bond donors (Lipinski definition) is 2. The minimum absolute atomic E-state index is 0.0481. The summed E-state index contributed by atoms with van der Waals surface area (Å²) in [6, 6.07) is 16.9. The first kappa shape index (κ1) is 17.8. The van der Waals surface area contributed by atoms with Crippen molar-refractivity contribution in [2.45, 2.75) is 24.8 Å². The van der Waals surface area contributed by atoms with Gasteiger partial charge < -0.3 is 15.5 Å². The van der Waals surface area contributed by atoms with Crippen molar-refractivity contribution >= 4 is 11.0 Å². The van der Waals surface area contributed by atoms with Crippen LogP contribution in [0.5, 0.6) is 11.5 Å². The van der Waals surface area contributed by atoms with E-state index in [4.69, 9.17) is 10.5 Å². The fourth-order valence-electron chi connectivity index (χ4n) is 4.12. The molecule has 0 spiro atoms. The molecule has 0 aliphatic heterocycles. The van der Waals surface area contributed by atoms with Crippen molar-refractivity contribution in [3.8, 4) is 11.5 Å². The molecule has 3 aromatic carbocycles. The van der Waals surface area contributed by atoms with Gasteiger partial charge in [-0.15, -0.1) is 0 Å². The van der Waals surface area contributed by atoms with Crippen LogP contribution >= 0.6 is 0 Å². The third-order valence-corrected chi connectivity index (χ3v) is 5.59. The zero-order chi connectivity index (χ0) is 20.0. The summed E-state index contributed by atoms with van der Waals surface area (Å²) in [5.74, 6) is -1.44. The molecule has 0 bridgehead atoms. The first-order valence-corrected chi connectivity index (χ1v) is 9.51. The second kappa shape index (κ2) is 6.97. The lowest BCUT2D eigenvalue weighted by Crippen LogP contribution is -2.26. The highest BCUT2D eigenvalue weighted by Crippen LogP contribution is 2.36. The molecule has 2 unspecified atom stereocenters. The Morgan fingerprint density at radius 1 is 1.10 bits per heavy atom. The van der Waals surface area contributed by atoms with E-state index in [9.17, 15) is 8.78 Å². The van der Waals surface area contributed by atoms with E-state index in [0.717, 1.165) is 18.4 Å². The van der Waals surface area contributed by atoms with Crippen molar-refractivity contribution in [3.05, 3.63) is 89.2 Å². The van der Waals surface area contributed by atoms with Gasteiger partial charge in [-0.1, -0.05) is 36.4 Å². The standard InChI is InChI=1S/C23H19F2N3O/c24-18-11-20-22(28-12-27-20)21(25)23(18)29-15-7-5-13(6-8-15)9-17-16-4-2-1-3-14(16)10-19(17)26/h1-8,11-12,17,19H,9-10,26H2,(H,27,28). The van der Waals surface area contributed by atoms with Crippen LogP contribution in [0.3, 0.4) is 0 Å². The molecular formula is C23H19F2N3O. The molecular weight excluding hydrogens is 372 g/mol. The first-order chi connectivity index (χ1) is 14.1. The fourth-order valence-corrected chi connectivity index (χ4v) is 4.12. The number of halogens is 2. The lowest BCUT2D eigenvalue weighted by Gasteiger charge is -2.17. The maximum atomic E-state index is 14.5. The Kier molecular flexibility index (Phi) is 4.28. The molecule has 5 rings (SSSR count). The van der Waals surface area contributed by atoms with Crippen molar-refractivity contribution in [1.82, 2.24) is 9.97 Å². The van der Waals surface area contributed by atoms with Crippen LogP contribution in [-0.4, -0.2) is 16.0 Å². The normalized spacial score (nSPS) is 18.2. The van der Waals surface area contributed by atoms with Gasteiger partial charge in [-0.25, -0.2) is 13.8 Å². The second-order valence-electron chi connectivity index (χ2n) is 7.42. The molecule has 4 aromatic rings. The van der Waals surface area contributed by atoms with Gasteiger partial charge in [0.1, 0.15) is 11.3 Å². The number of aromatic amines is 1. The van der Waals surface area contributed by atoms with Gasteiger partial charge >= 0.3 is 0 Å². The average molecular weight is 391 g/mol. The number of fused-ring (bicyclic) bond motifs is 2. The Morgan fingerprint density at radius 3 is 2.72 bits per heavy atom. The smallest absolute Gasteiger partial charge is 0.201 e. The zero-order valence-electron chi connectivity index (χ0n) is 15.5. The van der Waals surface area contributed by atoms with Crippen LogP contribution in [0.15, 0.2) is 60.9 Å². The minimum Gasteiger partial charge on any atom is -0.451 e. The highest BCUT2D eigenvalue weighted by molar-refractivity contribution is 5.77. The van der Waals surface area contributed by atoms with E-state index in [1.807, 2.05) is 24.3 Å². The Balaban J connectivity index is 1.36. The van der Waals surface area contributed by atoms with Crippen molar-refractivity contribution in [3.63, 3.8) is 0 Å². The summed E-state index contributed by atoms with van der Waals surface area (Å²) in [7, 11) is 0. The fraction of sp³-hybridized carbons (Fsp3) is 0.174. The number of H-pyrrole nitrogens is 1. The molecule has 0 amide bonds. The van der Waals surface area contributed by atoms with Gasteiger partial charge in [0.15, 0.2) is 11.6 Å². The number of nitrogens with one attached hydrogen (secondary N) is 1. The van der Waals surface area contributed by atoms with Gasteiger partial charge in [0.05, 0.1) is 11.8 Å². The van der Waals surface area contributed by atoms with Gasteiger partial charge in [0.25, 0.3) is 0 Å². The average Bonchev–Trinajstić information content (AvgIpc) is 3.31. The van der Waals surface area contributed by atoms with E-state index in [0.29, 0.717) is 5.75 Å². The molecule has 1 aromatic heterocycles. The minimum atomic E-state index is -0.820. The lowest BCUT2D eigenvalue weighted by atomic mass is 9.91. The molecule has 1 heterocycles. The molecule has 4 nitrogen and oxygen atoms in total. The van der Waals surface area contributed by atoms with Crippen molar-refractivity contribution in [1.29, 1.82) is 0 Å². The van der Waals surface area contributed by atoms with Crippen molar-refractivity contribution in [2.75, 3.05) is 0 Å². The van der Waals surface area contributed by atoms with Crippen molar-refractivity contribution < 1.29 is 13.5 Å². The third-order valence-electron chi connectivity index (χ3n) is 5.59. The highest BCUT2D eigenvalue weighted by atomic mass is 19.1. The largest absolute Gasteiger partial charge is 0.451 e. The molecule has 1 aliphatic carbocycles. The number of rotatable bonds is 4. The molecule has 3 N–H and O–H groups in total. The van der Waals surface area contributed by atoms with E-state index in [2.05, 4.69) is 22.1 Å². The van der Waals surface area contributed by atoms with E-state index in [1.165, 1.54) is 23.5 Å². The molecule has 1 aliphatic rings. The van der Waals surface area contributed by atoms with Gasteiger partial charge in [-0.3, -0.25) is 0 Å². The van der Waals surface area contributed by atoms with E-state index in [-0.39, 0.29) is 23.0 Å². The topological polar surface area (TPSA) is 63.9 Å². The van der Waals surface area contributed by atoms with E-state index in [1.54, 1.807) is 12.1 Å². The number of hydrogen-bond acceptors (Lipinski definition) is 3. The predicted molar refractivity (Wildman–Crippen MR) is 107 cm³/mol. The van der Waals surface area contributed by atoms with Gasteiger partial charge in [0.2, 0.25) is 5.75 Å². The summed E-state index contributed by atoms with van der Waals surface area (Å²) in [6.07, 6.45) is 3.01. The summed E-state index contributed by atoms with van der Waals surface area (Å²) in [5, 5.41) is 0. The van der Waals surface area contributed by atoms with Gasteiger partial charge in [-0.05, 0) is 41.7 Å². The van der Waals surface area contributed by atoms with Crippen LogP contribution in [0.1, 0.15) is 22.6 Å². The van der Waals surface area contributed by atoms with E-state index < -0.39 is 17.4 Å². The molecule has 0 fully saturated rings.